The molecule has 2 aromatic rings. The maximum Gasteiger partial charge on any atom is 0.243 e. The topological polar surface area (TPSA) is 57.8 Å². The number of aryl methyl sites for hydroxylation is 1. The van der Waals surface area contributed by atoms with Crippen LogP contribution in [-0.4, -0.2) is 30.1 Å². The second-order valence-corrected chi connectivity index (χ2v) is 7.28. The van der Waals surface area contributed by atoms with E-state index in [-0.39, 0.29) is 11.8 Å². The molecule has 0 aliphatic carbocycles. The summed E-state index contributed by atoms with van der Waals surface area (Å²) in [5, 5.41) is 3.99. The molecule has 1 aromatic heterocycles. The molecule has 0 saturated carbocycles. The molecule has 2 heterocycles. The number of furan rings is 1. The molecule has 1 fully saturated rings. The quantitative estimate of drug-likeness (QED) is 0.611. The number of benzene rings is 1. The van der Waals surface area contributed by atoms with E-state index in [0.29, 0.717) is 5.76 Å². The smallest absolute Gasteiger partial charge is 0.243 e. The Labute approximate surface area is 156 Å². The number of hydrazone groups is 1. The van der Waals surface area contributed by atoms with E-state index in [1.165, 1.54) is 11.8 Å². The SMILES string of the molecule is Cc1ccc(/C=N\NC(=O)C2CCN(Cc3ccc(Br)cc3)CC2)o1. The van der Waals surface area contributed by atoms with Crippen LogP contribution in [0.25, 0.3) is 0 Å². The predicted molar refractivity (Wildman–Crippen MR) is 101 cm³/mol. The van der Waals surface area contributed by atoms with E-state index >= 15 is 0 Å². The van der Waals surface area contributed by atoms with Gasteiger partial charge >= 0.3 is 0 Å². The van der Waals surface area contributed by atoms with Gasteiger partial charge in [-0.2, -0.15) is 5.10 Å². The van der Waals surface area contributed by atoms with E-state index in [2.05, 4.69) is 55.6 Å². The highest BCUT2D eigenvalue weighted by Gasteiger charge is 2.24. The summed E-state index contributed by atoms with van der Waals surface area (Å²) in [6, 6.07) is 12.1. The molecule has 0 spiro atoms. The average Bonchev–Trinajstić information content (AvgIpc) is 3.03. The lowest BCUT2D eigenvalue weighted by atomic mass is 9.96. The van der Waals surface area contributed by atoms with Crippen LogP contribution in [0.3, 0.4) is 0 Å². The van der Waals surface area contributed by atoms with Crippen LogP contribution in [0.5, 0.6) is 0 Å². The van der Waals surface area contributed by atoms with Crippen molar-refractivity contribution in [2.45, 2.75) is 26.3 Å². The van der Waals surface area contributed by atoms with Crippen molar-refractivity contribution < 1.29 is 9.21 Å². The van der Waals surface area contributed by atoms with Crippen molar-refractivity contribution in [1.29, 1.82) is 0 Å². The van der Waals surface area contributed by atoms with Crippen molar-refractivity contribution in [2.24, 2.45) is 11.0 Å². The molecule has 5 nitrogen and oxygen atoms in total. The van der Waals surface area contributed by atoms with Crippen molar-refractivity contribution in [3.63, 3.8) is 0 Å². The molecule has 1 N–H and O–H groups in total. The zero-order chi connectivity index (χ0) is 17.6. The first-order valence-electron chi connectivity index (χ1n) is 8.46. The Morgan fingerprint density at radius 2 is 2.00 bits per heavy atom. The summed E-state index contributed by atoms with van der Waals surface area (Å²) >= 11 is 3.46. The van der Waals surface area contributed by atoms with Gasteiger partial charge in [-0.1, -0.05) is 28.1 Å². The molecule has 0 atom stereocenters. The van der Waals surface area contributed by atoms with Gasteiger partial charge in [-0.15, -0.1) is 0 Å². The molecule has 1 aliphatic heterocycles. The molecule has 1 aromatic carbocycles. The van der Waals surface area contributed by atoms with Gasteiger partial charge in [0.05, 0.1) is 6.21 Å². The molecule has 1 amide bonds. The molecule has 6 heteroatoms. The number of rotatable bonds is 5. The summed E-state index contributed by atoms with van der Waals surface area (Å²) in [6.45, 7) is 4.65. The third-order valence-corrected chi connectivity index (χ3v) is 4.93. The third kappa shape index (κ3) is 5.28. The minimum atomic E-state index is -0.0113. The van der Waals surface area contributed by atoms with Crippen molar-refractivity contribution >= 4 is 28.1 Å². The van der Waals surface area contributed by atoms with Crippen LogP contribution in [0, 0.1) is 12.8 Å². The highest BCUT2D eigenvalue weighted by Crippen LogP contribution is 2.20. The monoisotopic (exact) mass is 403 g/mol. The van der Waals surface area contributed by atoms with Gasteiger partial charge in [0.25, 0.3) is 0 Å². The van der Waals surface area contributed by atoms with E-state index in [0.717, 1.165) is 42.7 Å². The highest BCUT2D eigenvalue weighted by atomic mass is 79.9. The van der Waals surface area contributed by atoms with Crippen LogP contribution in [0.2, 0.25) is 0 Å². The first kappa shape index (κ1) is 17.9. The molecular weight excluding hydrogens is 382 g/mol. The van der Waals surface area contributed by atoms with E-state index in [1.807, 2.05) is 19.1 Å². The van der Waals surface area contributed by atoms with E-state index in [1.54, 1.807) is 0 Å². The number of nitrogens with one attached hydrogen (secondary N) is 1. The van der Waals surface area contributed by atoms with Gasteiger partial charge in [0, 0.05) is 16.9 Å². The Kier molecular flexibility index (Phi) is 6.04. The highest BCUT2D eigenvalue weighted by molar-refractivity contribution is 9.10. The third-order valence-electron chi connectivity index (χ3n) is 4.41. The molecule has 0 unspecified atom stereocenters. The van der Waals surface area contributed by atoms with Gasteiger partial charge in [0.1, 0.15) is 11.5 Å². The largest absolute Gasteiger partial charge is 0.460 e. The molecule has 3 rings (SSSR count). The molecule has 0 radical (unpaired) electrons. The number of amides is 1. The fraction of sp³-hybridized carbons (Fsp3) is 0.368. The van der Waals surface area contributed by atoms with E-state index < -0.39 is 0 Å². The average molecular weight is 404 g/mol. The van der Waals surface area contributed by atoms with Gasteiger partial charge in [0.2, 0.25) is 5.91 Å². The zero-order valence-corrected chi connectivity index (χ0v) is 15.8. The van der Waals surface area contributed by atoms with Gasteiger partial charge in [0.15, 0.2) is 0 Å². The molecule has 132 valence electrons. The Balaban J connectivity index is 1.42. The Hall–Kier alpha value is -1.92. The number of carbonyl (C=O) groups is 1. The maximum atomic E-state index is 12.2. The Morgan fingerprint density at radius 1 is 1.28 bits per heavy atom. The summed E-state index contributed by atoms with van der Waals surface area (Å²) in [7, 11) is 0. The van der Waals surface area contributed by atoms with Crippen LogP contribution in [0.1, 0.15) is 29.9 Å². The lowest BCUT2D eigenvalue weighted by Crippen LogP contribution is -2.39. The fourth-order valence-corrected chi connectivity index (χ4v) is 3.24. The Bertz CT molecular complexity index is 731. The summed E-state index contributed by atoms with van der Waals surface area (Å²) in [5.74, 6) is 1.48. The summed E-state index contributed by atoms with van der Waals surface area (Å²) in [6.07, 6.45) is 3.25. The number of carbonyl (C=O) groups excluding carboxylic acids is 1. The molecule has 25 heavy (non-hydrogen) atoms. The summed E-state index contributed by atoms with van der Waals surface area (Å²) < 4.78 is 6.47. The van der Waals surface area contributed by atoms with E-state index in [4.69, 9.17) is 4.42 Å². The molecule has 1 aliphatic rings. The standard InChI is InChI=1S/C19H22BrN3O2/c1-14-2-7-18(25-14)12-21-22-19(24)16-8-10-23(11-9-16)13-15-3-5-17(20)6-4-15/h2-7,12,16H,8-11,13H2,1H3,(H,22,24)/b21-12-. The van der Waals surface area contributed by atoms with Gasteiger partial charge < -0.3 is 4.42 Å². The summed E-state index contributed by atoms with van der Waals surface area (Å²) in [5.41, 5.74) is 3.92. The number of halogens is 1. The normalized spacial score (nSPS) is 16.4. The number of nitrogens with zero attached hydrogens (tertiary/aromatic N) is 2. The van der Waals surface area contributed by atoms with Crippen molar-refractivity contribution in [2.75, 3.05) is 13.1 Å². The van der Waals surface area contributed by atoms with Crippen LogP contribution in [0.4, 0.5) is 0 Å². The van der Waals surface area contributed by atoms with Crippen LogP contribution < -0.4 is 5.43 Å². The predicted octanol–water partition coefficient (Wildman–Crippen LogP) is 3.71. The van der Waals surface area contributed by atoms with Crippen LogP contribution in [0.15, 0.2) is 50.4 Å². The minimum absolute atomic E-state index is 0.0113. The second kappa shape index (κ2) is 8.45. The molecule has 0 bridgehead atoms. The van der Waals surface area contributed by atoms with Crippen molar-refractivity contribution in [3.8, 4) is 0 Å². The number of piperidine rings is 1. The first-order valence-corrected chi connectivity index (χ1v) is 9.25. The summed E-state index contributed by atoms with van der Waals surface area (Å²) in [4.78, 5) is 14.6. The van der Waals surface area contributed by atoms with Crippen LogP contribution in [-0.2, 0) is 11.3 Å². The minimum Gasteiger partial charge on any atom is -0.460 e. The fourth-order valence-electron chi connectivity index (χ4n) is 2.97. The first-order chi connectivity index (χ1) is 12.1. The maximum absolute atomic E-state index is 12.2. The number of hydrogen-bond acceptors (Lipinski definition) is 4. The van der Waals surface area contributed by atoms with Gasteiger partial charge in [-0.25, -0.2) is 5.43 Å². The van der Waals surface area contributed by atoms with Gasteiger partial charge in [-0.05, 0) is 62.7 Å². The van der Waals surface area contributed by atoms with Crippen LogP contribution >= 0.6 is 15.9 Å². The number of likely N-dealkylation sites (tertiary alicyclic amines) is 1. The second-order valence-electron chi connectivity index (χ2n) is 6.36. The Morgan fingerprint density at radius 3 is 2.64 bits per heavy atom. The van der Waals surface area contributed by atoms with E-state index in [9.17, 15) is 4.79 Å². The van der Waals surface area contributed by atoms with Gasteiger partial charge in [-0.3, -0.25) is 9.69 Å². The lowest BCUT2D eigenvalue weighted by molar-refractivity contribution is -0.126. The zero-order valence-electron chi connectivity index (χ0n) is 14.2. The molecule has 1 saturated heterocycles. The lowest BCUT2D eigenvalue weighted by Gasteiger charge is -2.30. The number of hydrogen-bond donors (Lipinski definition) is 1. The van der Waals surface area contributed by atoms with Crippen molar-refractivity contribution in [3.05, 3.63) is 58.0 Å². The molecular formula is C19H22BrN3O2. The van der Waals surface area contributed by atoms with Crippen molar-refractivity contribution in [1.82, 2.24) is 10.3 Å².